The highest BCUT2D eigenvalue weighted by Gasteiger charge is 2.35. The fourth-order valence-electron chi connectivity index (χ4n) is 3.55. The van der Waals surface area contributed by atoms with E-state index in [1.54, 1.807) is 12.1 Å². The van der Waals surface area contributed by atoms with Crippen molar-refractivity contribution < 1.29 is 9.59 Å². The van der Waals surface area contributed by atoms with E-state index in [1.807, 2.05) is 12.1 Å². The maximum Gasteiger partial charge on any atom is 0.190 e. The number of rotatable bonds is 3. The largest absolute Gasteiger partial charge is 0.289 e. The first-order chi connectivity index (χ1) is 10.6. The maximum absolute atomic E-state index is 12.7. The second kappa shape index (κ2) is 6.04. The highest BCUT2D eigenvalue weighted by atomic mass is 16.1. The molecule has 0 aliphatic heterocycles. The normalized spacial score (nSPS) is 20.5. The molecule has 1 aromatic rings. The van der Waals surface area contributed by atoms with Crippen molar-refractivity contribution in [3.05, 3.63) is 58.2 Å². The second-order valence-corrected chi connectivity index (χ2v) is 6.63. The molecule has 1 unspecified atom stereocenters. The van der Waals surface area contributed by atoms with Crippen molar-refractivity contribution in [3.8, 4) is 0 Å². The van der Waals surface area contributed by atoms with Crippen molar-refractivity contribution in [2.75, 3.05) is 0 Å². The number of hydrogen-bond donors (Lipinski definition) is 0. The van der Waals surface area contributed by atoms with Crippen LogP contribution in [0.15, 0.2) is 47.1 Å². The molecule has 0 amide bonds. The van der Waals surface area contributed by atoms with E-state index in [0.717, 1.165) is 43.3 Å². The summed E-state index contributed by atoms with van der Waals surface area (Å²) in [5.74, 6) is 0.682. The van der Waals surface area contributed by atoms with Crippen LogP contribution in [0.25, 0.3) is 0 Å². The zero-order valence-electron chi connectivity index (χ0n) is 13.3. The Balaban J connectivity index is 1.82. The zero-order valence-corrected chi connectivity index (χ0v) is 13.3. The number of fused-ring (bicyclic) bond motifs is 1. The molecule has 1 aromatic carbocycles. The summed E-state index contributed by atoms with van der Waals surface area (Å²) in [6, 6.07) is 7.23. The van der Waals surface area contributed by atoms with Crippen LogP contribution >= 0.6 is 0 Å². The molecule has 0 saturated carbocycles. The number of hydrogen-bond acceptors (Lipinski definition) is 2. The highest BCUT2D eigenvalue weighted by molar-refractivity contribution is 6.27. The third kappa shape index (κ3) is 2.70. The molecule has 2 aliphatic rings. The van der Waals surface area contributed by atoms with E-state index in [4.69, 9.17) is 0 Å². The first kappa shape index (κ1) is 15.0. The van der Waals surface area contributed by atoms with Crippen LogP contribution in [0.3, 0.4) is 0 Å². The lowest BCUT2D eigenvalue weighted by Crippen LogP contribution is -2.26. The fraction of sp³-hybridized carbons (Fsp3) is 0.400. The Bertz CT molecular complexity index is 687. The molecule has 0 spiro atoms. The zero-order chi connectivity index (χ0) is 15.7. The number of benzene rings is 1. The van der Waals surface area contributed by atoms with Crippen molar-refractivity contribution >= 4 is 11.6 Å². The standard InChI is InChI=1S/C20H22O2/c1-13(2)6-5-7-14-10-11-17-18(12-14)20(22)16-9-4-3-8-15(16)19(17)21/h3-4,6,8-9,14H,5,7,10-12H2,1-2H3. The van der Waals surface area contributed by atoms with Gasteiger partial charge in [0.25, 0.3) is 0 Å². The van der Waals surface area contributed by atoms with E-state index >= 15 is 0 Å². The van der Waals surface area contributed by atoms with Gasteiger partial charge in [0.05, 0.1) is 0 Å². The van der Waals surface area contributed by atoms with Crippen molar-refractivity contribution in [1.82, 2.24) is 0 Å². The second-order valence-electron chi connectivity index (χ2n) is 6.63. The van der Waals surface area contributed by atoms with Gasteiger partial charge in [-0.25, -0.2) is 0 Å². The van der Waals surface area contributed by atoms with E-state index in [9.17, 15) is 9.59 Å². The Kier molecular flexibility index (Phi) is 4.10. The number of ketones is 2. The van der Waals surface area contributed by atoms with Crippen molar-refractivity contribution in [1.29, 1.82) is 0 Å². The Morgan fingerprint density at radius 2 is 1.73 bits per heavy atom. The fourth-order valence-corrected chi connectivity index (χ4v) is 3.55. The van der Waals surface area contributed by atoms with Crippen LogP contribution in [0.2, 0.25) is 0 Å². The molecule has 0 fully saturated rings. The van der Waals surface area contributed by atoms with Gasteiger partial charge in [0.15, 0.2) is 11.6 Å². The smallest absolute Gasteiger partial charge is 0.190 e. The highest BCUT2D eigenvalue weighted by Crippen LogP contribution is 2.39. The first-order valence-corrected chi connectivity index (χ1v) is 8.11. The minimum atomic E-state index is 0.0768. The molecule has 0 heterocycles. The molecule has 0 bridgehead atoms. The molecule has 22 heavy (non-hydrogen) atoms. The average Bonchev–Trinajstić information content (AvgIpc) is 2.52. The van der Waals surface area contributed by atoms with Crippen molar-refractivity contribution in [2.24, 2.45) is 5.92 Å². The van der Waals surface area contributed by atoms with E-state index < -0.39 is 0 Å². The summed E-state index contributed by atoms with van der Waals surface area (Å²) in [6.45, 7) is 4.23. The van der Waals surface area contributed by atoms with Crippen LogP contribution in [-0.4, -0.2) is 11.6 Å². The summed E-state index contributed by atoms with van der Waals surface area (Å²) in [6.07, 6.45) is 6.97. The first-order valence-electron chi connectivity index (χ1n) is 8.11. The van der Waals surface area contributed by atoms with Gasteiger partial charge < -0.3 is 0 Å². The summed E-state index contributed by atoms with van der Waals surface area (Å²) in [5.41, 5.74) is 4.10. The van der Waals surface area contributed by atoms with Crippen molar-refractivity contribution in [3.63, 3.8) is 0 Å². The number of Topliss-reactive ketones (excluding diaryl/α,β-unsaturated/α-hetero) is 2. The topological polar surface area (TPSA) is 34.1 Å². The summed E-state index contributed by atoms with van der Waals surface area (Å²) < 4.78 is 0. The van der Waals surface area contributed by atoms with Crippen LogP contribution in [0.1, 0.15) is 66.7 Å². The molecule has 0 radical (unpaired) electrons. The lowest BCUT2D eigenvalue weighted by Gasteiger charge is -2.29. The molecule has 2 heteroatoms. The van der Waals surface area contributed by atoms with Gasteiger partial charge in [0.2, 0.25) is 0 Å². The Morgan fingerprint density at radius 1 is 1.09 bits per heavy atom. The van der Waals surface area contributed by atoms with E-state index in [2.05, 4.69) is 19.9 Å². The van der Waals surface area contributed by atoms with Crippen LogP contribution in [-0.2, 0) is 0 Å². The minimum Gasteiger partial charge on any atom is -0.289 e. The van der Waals surface area contributed by atoms with Crippen LogP contribution in [0.5, 0.6) is 0 Å². The van der Waals surface area contributed by atoms with Gasteiger partial charge in [-0.1, -0.05) is 35.9 Å². The third-order valence-electron chi connectivity index (χ3n) is 4.75. The Hall–Kier alpha value is -1.96. The SMILES string of the molecule is CC(C)=CCCC1CCC2=C(C1)C(=O)c1ccccc1C2=O. The summed E-state index contributed by atoms with van der Waals surface area (Å²) in [4.78, 5) is 25.3. The maximum atomic E-state index is 12.7. The molecule has 114 valence electrons. The molecular formula is C20H22O2. The molecule has 3 rings (SSSR count). The van der Waals surface area contributed by atoms with Gasteiger partial charge >= 0.3 is 0 Å². The van der Waals surface area contributed by atoms with Crippen LogP contribution in [0.4, 0.5) is 0 Å². The lowest BCUT2D eigenvalue weighted by molar-refractivity contribution is 0.0958. The summed E-state index contributed by atoms with van der Waals surface area (Å²) in [5, 5.41) is 0. The molecule has 2 aliphatic carbocycles. The van der Waals surface area contributed by atoms with E-state index in [-0.39, 0.29) is 11.6 Å². The monoisotopic (exact) mass is 294 g/mol. The Labute approximate surface area is 131 Å². The Morgan fingerprint density at radius 3 is 2.36 bits per heavy atom. The molecule has 0 N–H and O–H groups in total. The minimum absolute atomic E-state index is 0.0768. The van der Waals surface area contributed by atoms with Crippen LogP contribution in [0, 0.1) is 5.92 Å². The predicted molar refractivity (Wildman–Crippen MR) is 88.1 cm³/mol. The van der Waals surface area contributed by atoms with Crippen molar-refractivity contribution in [2.45, 2.75) is 46.0 Å². The molecule has 0 aromatic heterocycles. The van der Waals surface area contributed by atoms with E-state index in [0.29, 0.717) is 17.0 Å². The van der Waals surface area contributed by atoms with Gasteiger partial charge in [-0.3, -0.25) is 9.59 Å². The average molecular weight is 294 g/mol. The van der Waals surface area contributed by atoms with Gasteiger partial charge in [-0.05, 0) is 51.9 Å². The third-order valence-corrected chi connectivity index (χ3v) is 4.75. The van der Waals surface area contributed by atoms with Gasteiger partial charge in [-0.2, -0.15) is 0 Å². The summed E-state index contributed by atoms with van der Waals surface area (Å²) >= 11 is 0. The molecule has 0 saturated heterocycles. The van der Waals surface area contributed by atoms with E-state index in [1.165, 1.54) is 5.57 Å². The van der Waals surface area contributed by atoms with Gasteiger partial charge in [0.1, 0.15) is 0 Å². The van der Waals surface area contributed by atoms with Crippen LogP contribution < -0.4 is 0 Å². The molecule has 2 nitrogen and oxygen atoms in total. The summed E-state index contributed by atoms with van der Waals surface area (Å²) in [7, 11) is 0. The molecular weight excluding hydrogens is 272 g/mol. The number of carbonyl (C=O) groups is 2. The van der Waals surface area contributed by atoms with Gasteiger partial charge in [-0.15, -0.1) is 0 Å². The lowest BCUT2D eigenvalue weighted by atomic mass is 9.73. The predicted octanol–water partition coefficient (Wildman–Crippen LogP) is 4.91. The number of carbonyl (C=O) groups excluding carboxylic acids is 2. The number of allylic oxidation sites excluding steroid dienone is 4. The molecule has 1 atom stereocenters. The van der Waals surface area contributed by atoms with Gasteiger partial charge in [0, 0.05) is 22.3 Å². The quantitative estimate of drug-likeness (QED) is 0.742.